The molecule has 0 bridgehead atoms. The lowest BCUT2D eigenvalue weighted by Gasteiger charge is -2.50. The molecule has 2 atom stereocenters. The fourth-order valence-corrected chi connectivity index (χ4v) is 1.93. The lowest BCUT2D eigenvalue weighted by molar-refractivity contribution is -0.540. The van der Waals surface area contributed by atoms with Gasteiger partial charge < -0.3 is 4.74 Å². The van der Waals surface area contributed by atoms with Gasteiger partial charge in [-0.2, -0.15) is 52.7 Å². The molecule has 3 nitrogen and oxygen atoms in total. The van der Waals surface area contributed by atoms with Crippen molar-refractivity contribution in [3.05, 3.63) is 0 Å². The third-order valence-corrected chi connectivity index (χ3v) is 4.10. The topological polar surface area (TPSA) is 27.7 Å². The standard InChI is InChI=1S/C13H12F14O3/c1-5(14)8(16,17)12(24,25)29-10(20,21)7(3-28-4-7)11(22,23)30-13(26,27)9(18,19)6(2)15/h5-6H,3-4H2,1-2H3. The van der Waals surface area contributed by atoms with E-state index in [0.717, 1.165) is 0 Å². The number of ether oxygens (including phenoxy) is 3. The Kier molecular flexibility index (Phi) is 6.73. The summed E-state index contributed by atoms with van der Waals surface area (Å²) in [7, 11) is 0. The van der Waals surface area contributed by atoms with Gasteiger partial charge in [0, 0.05) is 0 Å². The second-order valence-electron chi connectivity index (χ2n) is 6.32. The lowest BCUT2D eigenvalue weighted by atomic mass is 9.82. The van der Waals surface area contributed by atoms with Gasteiger partial charge in [-0.05, 0) is 13.8 Å². The minimum atomic E-state index is -6.48. The van der Waals surface area contributed by atoms with E-state index < -0.39 is 67.3 Å². The average Bonchev–Trinajstić information content (AvgIpc) is 2.41. The highest BCUT2D eigenvalue weighted by molar-refractivity contribution is 5.02. The zero-order valence-corrected chi connectivity index (χ0v) is 14.6. The highest BCUT2D eigenvalue weighted by Gasteiger charge is 2.81. The maximum absolute atomic E-state index is 14.0. The predicted octanol–water partition coefficient (Wildman–Crippen LogP) is 5.39. The molecule has 0 aromatic carbocycles. The van der Waals surface area contributed by atoms with E-state index in [1.54, 1.807) is 0 Å². The van der Waals surface area contributed by atoms with Crippen LogP contribution in [-0.4, -0.2) is 61.8 Å². The van der Waals surface area contributed by atoms with Crippen molar-refractivity contribution >= 4 is 0 Å². The normalized spacial score (nSPS) is 21.2. The van der Waals surface area contributed by atoms with Gasteiger partial charge >= 0.3 is 36.3 Å². The number of halogens is 14. The number of hydrogen-bond acceptors (Lipinski definition) is 3. The van der Waals surface area contributed by atoms with Gasteiger partial charge in [0.05, 0.1) is 13.2 Å². The van der Waals surface area contributed by atoms with Crippen LogP contribution in [0.25, 0.3) is 0 Å². The van der Waals surface area contributed by atoms with E-state index in [0.29, 0.717) is 0 Å². The molecule has 1 aliphatic rings. The van der Waals surface area contributed by atoms with Crippen LogP contribution in [0.1, 0.15) is 13.8 Å². The summed E-state index contributed by atoms with van der Waals surface area (Å²) in [5.41, 5.74) is -4.77. The Morgan fingerprint density at radius 2 is 0.900 bits per heavy atom. The Hall–Kier alpha value is -1.10. The molecule has 30 heavy (non-hydrogen) atoms. The number of hydrogen-bond donors (Lipinski definition) is 0. The largest absolute Gasteiger partial charge is 0.426 e. The molecule has 1 saturated heterocycles. The van der Waals surface area contributed by atoms with Crippen LogP contribution >= 0.6 is 0 Å². The fraction of sp³-hybridized carbons (Fsp3) is 1.00. The predicted molar refractivity (Wildman–Crippen MR) is 66.2 cm³/mol. The molecule has 0 aromatic heterocycles. The summed E-state index contributed by atoms with van der Waals surface area (Å²) in [6.45, 7) is -4.83. The molecule has 17 heteroatoms. The van der Waals surface area contributed by atoms with E-state index in [1.165, 1.54) is 0 Å². The Bertz CT molecular complexity index is 566. The van der Waals surface area contributed by atoms with Crippen molar-refractivity contribution in [1.82, 2.24) is 0 Å². The van der Waals surface area contributed by atoms with E-state index in [9.17, 15) is 61.5 Å². The van der Waals surface area contributed by atoms with Gasteiger partial charge in [-0.1, -0.05) is 0 Å². The summed E-state index contributed by atoms with van der Waals surface area (Å²) in [6.07, 6.45) is -33.1. The van der Waals surface area contributed by atoms with Crippen molar-refractivity contribution in [3.63, 3.8) is 0 Å². The molecule has 1 aliphatic heterocycles. The van der Waals surface area contributed by atoms with Gasteiger partial charge in [0.25, 0.3) is 0 Å². The molecular formula is C13H12F14O3. The summed E-state index contributed by atoms with van der Waals surface area (Å²) in [5, 5.41) is 0. The zero-order valence-electron chi connectivity index (χ0n) is 14.6. The highest BCUT2D eigenvalue weighted by atomic mass is 19.3. The number of rotatable bonds is 10. The van der Waals surface area contributed by atoms with Crippen LogP contribution in [0.3, 0.4) is 0 Å². The minimum absolute atomic E-state index is 0.226. The van der Waals surface area contributed by atoms with Crippen LogP contribution in [0.15, 0.2) is 0 Å². The molecule has 0 aliphatic carbocycles. The summed E-state index contributed by atoms with van der Waals surface area (Å²) in [6, 6.07) is 0. The van der Waals surface area contributed by atoms with Crippen molar-refractivity contribution in [2.24, 2.45) is 5.41 Å². The minimum Gasteiger partial charge on any atom is -0.379 e. The Balaban J connectivity index is 3.32. The van der Waals surface area contributed by atoms with E-state index in [4.69, 9.17) is 0 Å². The maximum Gasteiger partial charge on any atom is 0.426 e. The molecule has 1 rings (SSSR count). The van der Waals surface area contributed by atoms with Crippen LogP contribution < -0.4 is 0 Å². The van der Waals surface area contributed by atoms with E-state index in [2.05, 4.69) is 14.2 Å². The Labute approximate surface area is 158 Å². The first-order valence-electron chi connectivity index (χ1n) is 7.54. The molecule has 0 N–H and O–H groups in total. The molecule has 180 valence electrons. The molecule has 0 saturated carbocycles. The van der Waals surface area contributed by atoms with E-state index >= 15 is 0 Å². The first kappa shape index (κ1) is 26.9. The van der Waals surface area contributed by atoms with Gasteiger partial charge in [0.2, 0.25) is 0 Å². The third-order valence-electron chi connectivity index (χ3n) is 4.10. The third kappa shape index (κ3) is 4.03. The average molecular weight is 482 g/mol. The maximum atomic E-state index is 14.0. The summed E-state index contributed by atoms with van der Waals surface area (Å²) in [5.74, 6) is -12.0. The van der Waals surface area contributed by atoms with Gasteiger partial charge in [-0.3, -0.25) is 0 Å². The molecule has 1 fully saturated rings. The lowest BCUT2D eigenvalue weighted by Crippen LogP contribution is -2.70. The first-order chi connectivity index (χ1) is 13.0. The smallest absolute Gasteiger partial charge is 0.379 e. The van der Waals surface area contributed by atoms with Gasteiger partial charge in [-0.15, -0.1) is 0 Å². The SMILES string of the molecule is CC(F)C(F)(F)C(F)(F)OC(F)(F)C1(C(F)(F)OC(F)(F)C(F)(F)C(C)F)COC1. The van der Waals surface area contributed by atoms with Crippen molar-refractivity contribution in [2.45, 2.75) is 62.5 Å². The van der Waals surface area contributed by atoms with Gasteiger partial charge in [0.15, 0.2) is 17.8 Å². The summed E-state index contributed by atoms with van der Waals surface area (Å²) in [4.78, 5) is 0. The van der Waals surface area contributed by atoms with Crippen molar-refractivity contribution < 1.29 is 75.7 Å². The Morgan fingerprint density at radius 3 is 1.07 bits per heavy atom. The zero-order chi connectivity index (χ0) is 24.2. The molecule has 0 spiro atoms. The van der Waals surface area contributed by atoms with Crippen molar-refractivity contribution in [1.29, 1.82) is 0 Å². The van der Waals surface area contributed by atoms with E-state index in [1.807, 2.05) is 0 Å². The summed E-state index contributed by atoms with van der Waals surface area (Å²) >= 11 is 0. The van der Waals surface area contributed by atoms with Gasteiger partial charge in [-0.25, -0.2) is 18.3 Å². The second-order valence-corrected chi connectivity index (χ2v) is 6.32. The molecule has 0 radical (unpaired) electrons. The van der Waals surface area contributed by atoms with Crippen molar-refractivity contribution in [2.75, 3.05) is 13.2 Å². The fourth-order valence-electron chi connectivity index (χ4n) is 1.93. The highest BCUT2D eigenvalue weighted by Crippen LogP contribution is 2.59. The van der Waals surface area contributed by atoms with Crippen LogP contribution in [0.4, 0.5) is 61.5 Å². The quantitative estimate of drug-likeness (QED) is 0.391. The number of alkyl halides is 14. The monoisotopic (exact) mass is 482 g/mol. The summed E-state index contributed by atoms with van der Waals surface area (Å²) < 4.78 is 196. The Morgan fingerprint density at radius 1 is 0.633 bits per heavy atom. The molecule has 0 amide bonds. The molecular weight excluding hydrogens is 470 g/mol. The van der Waals surface area contributed by atoms with Crippen LogP contribution in [-0.2, 0) is 14.2 Å². The molecule has 0 aromatic rings. The van der Waals surface area contributed by atoms with Crippen molar-refractivity contribution in [3.8, 4) is 0 Å². The van der Waals surface area contributed by atoms with Gasteiger partial charge in [0.1, 0.15) is 0 Å². The van der Waals surface area contributed by atoms with Crippen LogP contribution in [0, 0.1) is 5.41 Å². The second kappa shape index (κ2) is 7.50. The molecule has 1 heterocycles. The molecule has 2 unspecified atom stereocenters. The van der Waals surface area contributed by atoms with E-state index in [-0.39, 0.29) is 13.8 Å². The van der Waals surface area contributed by atoms with Crippen LogP contribution in [0.5, 0.6) is 0 Å². The first-order valence-corrected chi connectivity index (χ1v) is 7.54. The van der Waals surface area contributed by atoms with Crippen LogP contribution in [0.2, 0.25) is 0 Å².